The van der Waals surface area contributed by atoms with Gasteiger partial charge in [0.05, 0.1) is 16.8 Å². The van der Waals surface area contributed by atoms with Gasteiger partial charge in [-0.15, -0.1) is 11.3 Å². The second-order valence-corrected chi connectivity index (χ2v) is 7.69. The third-order valence-corrected chi connectivity index (χ3v) is 5.21. The van der Waals surface area contributed by atoms with Crippen LogP contribution >= 0.6 is 11.3 Å². The van der Waals surface area contributed by atoms with Crippen molar-refractivity contribution >= 4 is 23.0 Å². The fraction of sp³-hybridized carbons (Fsp3) is 0.474. The Labute approximate surface area is 153 Å². The summed E-state index contributed by atoms with van der Waals surface area (Å²) in [6.45, 7) is 4.67. The Balaban J connectivity index is 1.49. The molecule has 0 aliphatic heterocycles. The zero-order valence-corrected chi connectivity index (χ0v) is 15.7. The number of nitrogens with one attached hydrogen (secondary N) is 1. The molecule has 1 aromatic carbocycles. The number of fused-ring (bicyclic) bond motifs is 1. The van der Waals surface area contributed by atoms with Crippen LogP contribution in [0.2, 0.25) is 0 Å². The van der Waals surface area contributed by atoms with Gasteiger partial charge >= 0.3 is 0 Å². The van der Waals surface area contributed by atoms with Crippen LogP contribution in [0.3, 0.4) is 0 Å². The van der Waals surface area contributed by atoms with Gasteiger partial charge in [-0.2, -0.15) is 0 Å². The van der Waals surface area contributed by atoms with Crippen LogP contribution in [0, 0.1) is 0 Å². The summed E-state index contributed by atoms with van der Waals surface area (Å²) in [6, 6.07) is 7.73. The average Bonchev–Trinajstić information content (AvgIpc) is 2.99. The summed E-state index contributed by atoms with van der Waals surface area (Å²) >= 11 is 1.84. The molecule has 5 nitrogen and oxygen atoms in total. The average molecular weight is 359 g/mol. The first-order valence-corrected chi connectivity index (χ1v) is 9.73. The van der Waals surface area contributed by atoms with E-state index in [1.807, 2.05) is 49.4 Å². The highest BCUT2D eigenvalue weighted by Crippen LogP contribution is 2.26. The Bertz CT molecular complexity index is 698. The van der Waals surface area contributed by atoms with Crippen molar-refractivity contribution in [3.8, 4) is 5.75 Å². The highest BCUT2D eigenvalue weighted by molar-refractivity contribution is 7.11. The van der Waals surface area contributed by atoms with Gasteiger partial charge in [0.15, 0.2) is 5.96 Å². The van der Waals surface area contributed by atoms with Gasteiger partial charge in [-0.1, -0.05) is 0 Å². The first-order chi connectivity index (χ1) is 12.1. The molecule has 134 valence electrons. The Morgan fingerprint density at radius 1 is 1.28 bits per heavy atom. The van der Waals surface area contributed by atoms with Gasteiger partial charge in [0.1, 0.15) is 5.75 Å². The smallest absolute Gasteiger partial charge is 0.193 e. The lowest BCUT2D eigenvalue weighted by molar-refractivity contribution is 0.242. The van der Waals surface area contributed by atoms with E-state index < -0.39 is 0 Å². The molecule has 6 heteroatoms. The predicted octanol–water partition coefficient (Wildman–Crippen LogP) is 3.78. The van der Waals surface area contributed by atoms with Gasteiger partial charge < -0.3 is 15.8 Å². The van der Waals surface area contributed by atoms with Gasteiger partial charge in [0, 0.05) is 23.5 Å². The summed E-state index contributed by atoms with van der Waals surface area (Å²) in [4.78, 5) is 10.6. The maximum absolute atomic E-state index is 5.98. The SMILES string of the molecule is CC(C)Oc1ccc(NC(N)=NCCc2nc3c(s2)CCCC3)cc1. The molecule has 0 atom stereocenters. The van der Waals surface area contributed by atoms with Gasteiger partial charge in [-0.05, 0) is 63.8 Å². The zero-order chi connectivity index (χ0) is 17.6. The van der Waals surface area contributed by atoms with Crippen LogP contribution < -0.4 is 15.8 Å². The lowest BCUT2D eigenvalue weighted by Gasteiger charge is -2.10. The van der Waals surface area contributed by atoms with Gasteiger partial charge in [0.25, 0.3) is 0 Å². The second kappa shape index (κ2) is 8.34. The number of hydrogen-bond acceptors (Lipinski definition) is 4. The second-order valence-electron chi connectivity index (χ2n) is 6.52. The van der Waals surface area contributed by atoms with Crippen molar-refractivity contribution in [2.45, 2.75) is 52.1 Å². The number of aryl methyl sites for hydroxylation is 2. The first-order valence-electron chi connectivity index (χ1n) is 8.91. The summed E-state index contributed by atoms with van der Waals surface area (Å²) in [5.41, 5.74) is 8.19. The number of hydrogen-bond donors (Lipinski definition) is 2. The molecule has 0 saturated heterocycles. The predicted molar refractivity (Wildman–Crippen MR) is 105 cm³/mol. The number of anilines is 1. The molecule has 3 rings (SSSR count). The largest absolute Gasteiger partial charge is 0.491 e. The Hall–Kier alpha value is -2.08. The quantitative estimate of drug-likeness (QED) is 0.609. The van der Waals surface area contributed by atoms with Crippen LogP contribution in [-0.2, 0) is 19.3 Å². The molecular weight excluding hydrogens is 332 g/mol. The normalized spacial score (nSPS) is 14.4. The van der Waals surface area contributed by atoms with Crippen molar-refractivity contribution in [2.24, 2.45) is 10.7 Å². The maximum Gasteiger partial charge on any atom is 0.193 e. The van der Waals surface area contributed by atoms with E-state index >= 15 is 0 Å². The molecule has 0 amide bonds. The summed E-state index contributed by atoms with van der Waals surface area (Å²) < 4.78 is 5.63. The Kier molecular flexibility index (Phi) is 5.91. The number of nitrogens with zero attached hydrogens (tertiary/aromatic N) is 2. The van der Waals surface area contributed by atoms with E-state index in [-0.39, 0.29) is 6.10 Å². The van der Waals surface area contributed by atoms with Crippen LogP contribution in [-0.4, -0.2) is 23.6 Å². The molecule has 0 bridgehead atoms. The first kappa shape index (κ1) is 17.7. The van der Waals surface area contributed by atoms with Gasteiger partial charge in [-0.3, -0.25) is 4.99 Å². The number of ether oxygens (including phenoxy) is 1. The molecule has 1 heterocycles. The van der Waals surface area contributed by atoms with Crippen molar-refractivity contribution in [3.63, 3.8) is 0 Å². The number of aromatic nitrogens is 1. The molecule has 0 saturated carbocycles. The van der Waals surface area contributed by atoms with E-state index in [0.717, 1.165) is 24.3 Å². The molecule has 0 fully saturated rings. The molecule has 3 N–H and O–H groups in total. The minimum absolute atomic E-state index is 0.168. The Morgan fingerprint density at radius 2 is 2.04 bits per heavy atom. The Morgan fingerprint density at radius 3 is 2.76 bits per heavy atom. The maximum atomic E-state index is 5.98. The van der Waals surface area contributed by atoms with E-state index in [9.17, 15) is 0 Å². The van der Waals surface area contributed by atoms with Gasteiger partial charge in [-0.25, -0.2) is 4.98 Å². The van der Waals surface area contributed by atoms with Crippen LogP contribution in [0.5, 0.6) is 5.75 Å². The summed E-state index contributed by atoms with van der Waals surface area (Å²) in [5.74, 6) is 1.28. The summed E-state index contributed by atoms with van der Waals surface area (Å²) in [7, 11) is 0. The molecule has 25 heavy (non-hydrogen) atoms. The third-order valence-electron chi connectivity index (χ3n) is 4.00. The highest BCUT2D eigenvalue weighted by Gasteiger charge is 2.14. The molecule has 1 aliphatic carbocycles. The number of guanidine groups is 1. The van der Waals surface area contributed by atoms with Crippen LogP contribution in [0.15, 0.2) is 29.3 Å². The lowest BCUT2D eigenvalue weighted by atomic mass is 10.0. The van der Waals surface area contributed by atoms with Crippen molar-refractivity contribution in [1.29, 1.82) is 0 Å². The monoisotopic (exact) mass is 358 g/mol. The number of aliphatic imine (C=N–C) groups is 1. The minimum Gasteiger partial charge on any atom is -0.491 e. The fourth-order valence-electron chi connectivity index (χ4n) is 2.86. The molecular formula is C19H26N4OS. The van der Waals surface area contributed by atoms with Crippen molar-refractivity contribution in [1.82, 2.24) is 4.98 Å². The number of rotatable bonds is 6. The van der Waals surface area contributed by atoms with Crippen molar-refractivity contribution in [3.05, 3.63) is 39.8 Å². The fourth-order valence-corrected chi connectivity index (χ4v) is 4.01. The summed E-state index contributed by atoms with van der Waals surface area (Å²) in [5, 5.41) is 4.29. The van der Waals surface area contributed by atoms with Crippen molar-refractivity contribution < 1.29 is 4.74 Å². The third kappa shape index (κ3) is 5.19. The molecule has 0 radical (unpaired) electrons. The highest BCUT2D eigenvalue weighted by atomic mass is 32.1. The van der Waals surface area contributed by atoms with Crippen molar-refractivity contribution in [2.75, 3.05) is 11.9 Å². The number of nitrogens with two attached hydrogens (primary N) is 1. The van der Waals surface area contributed by atoms with E-state index in [2.05, 4.69) is 10.3 Å². The van der Waals surface area contributed by atoms with E-state index in [1.165, 1.54) is 34.8 Å². The molecule has 1 aliphatic rings. The topological polar surface area (TPSA) is 72.5 Å². The molecule has 0 unspecified atom stereocenters. The zero-order valence-electron chi connectivity index (χ0n) is 14.9. The lowest BCUT2D eigenvalue weighted by Crippen LogP contribution is -2.23. The summed E-state index contributed by atoms with van der Waals surface area (Å²) in [6.07, 6.45) is 5.91. The van der Waals surface area contributed by atoms with Crippen LogP contribution in [0.4, 0.5) is 5.69 Å². The molecule has 0 spiro atoms. The van der Waals surface area contributed by atoms with E-state index in [0.29, 0.717) is 12.5 Å². The van der Waals surface area contributed by atoms with E-state index in [4.69, 9.17) is 15.5 Å². The standard InChI is InChI=1S/C19H26N4OS/c1-13(2)24-15-9-7-14(8-10-15)22-19(20)21-12-11-18-23-16-5-3-4-6-17(16)25-18/h7-10,13H,3-6,11-12H2,1-2H3,(H3,20,21,22). The molecule has 2 aromatic rings. The number of thiazole rings is 1. The number of benzene rings is 1. The minimum atomic E-state index is 0.168. The van der Waals surface area contributed by atoms with Crippen LogP contribution in [0.1, 0.15) is 42.3 Å². The van der Waals surface area contributed by atoms with E-state index in [1.54, 1.807) is 0 Å². The van der Waals surface area contributed by atoms with Crippen LogP contribution in [0.25, 0.3) is 0 Å². The van der Waals surface area contributed by atoms with Gasteiger partial charge in [0.2, 0.25) is 0 Å². The molecule has 1 aromatic heterocycles.